The summed E-state index contributed by atoms with van der Waals surface area (Å²) in [4.78, 5) is 12.3. The molecule has 0 aliphatic heterocycles. The van der Waals surface area contributed by atoms with Gasteiger partial charge in [0.2, 0.25) is 0 Å². The Labute approximate surface area is 160 Å². The van der Waals surface area contributed by atoms with Crippen molar-refractivity contribution >= 4 is 40.3 Å². The van der Waals surface area contributed by atoms with Crippen molar-refractivity contribution in [1.82, 2.24) is 0 Å². The normalized spacial score (nSPS) is 10.7. The van der Waals surface area contributed by atoms with Gasteiger partial charge >= 0.3 is 0 Å². The molecule has 0 aromatic heterocycles. The fourth-order valence-electron chi connectivity index (χ4n) is 2.14. The molecule has 1 N–H and O–H groups in total. The van der Waals surface area contributed by atoms with E-state index in [-0.39, 0.29) is 5.57 Å². The average Bonchev–Trinajstić information content (AvgIpc) is 2.62. The molecule has 0 heterocycles. The quantitative estimate of drug-likeness (QED) is 0.408. The Morgan fingerprint density at radius 3 is 2.64 bits per heavy atom. The third-order valence-corrected chi connectivity index (χ3v) is 4.05. The number of anilines is 1. The fourth-order valence-corrected chi connectivity index (χ4v) is 2.92. The van der Waals surface area contributed by atoms with Crippen LogP contribution in [0.25, 0.3) is 6.08 Å². The van der Waals surface area contributed by atoms with E-state index in [4.69, 9.17) is 9.47 Å². The van der Waals surface area contributed by atoms with Crippen LogP contribution >= 0.6 is 22.6 Å². The molecule has 0 saturated carbocycles. The zero-order valence-corrected chi connectivity index (χ0v) is 16.0. The van der Waals surface area contributed by atoms with Crippen LogP contribution in [0.1, 0.15) is 12.5 Å². The third kappa shape index (κ3) is 4.97. The molecule has 5 nitrogen and oxygen atoms in total. The number of amides is 1. The maximum absolute atomic E-state index is 12.3. The Morgan fingerprint density at radius 2 is 2.04 bits per heavy atom. The number of para-hydroxylation sites is 1. The largest absolute Gasteiger partial charge is 0.493 e. The van der Waals surface area contributed by atoms with E-state index >= 15 is 0 Å². The Morgan fingerprint density at radius 1 is 1.32 bits per heavy atom. The first-order valence-corrected chi connectivity index (χ1v) is 8.65. The van der Waals surface area contributed by atoms with Gasteiger partial charge in [-0.3, -0.25) is 4.79 Å². The third-order valence-electron chi connectivity index (χ3n) is 3.25. The van der Waals surface area contributed by atoms with Crippen molar-refractivity contribution in [1.29, 1.82) is 5.26 Å². The summed E-state index contributed by atoms with van der Waals surface area (Å²) in [6.07, 6.45) is 1.53. The molecular formula is C19H17IN2O3. The summed E-state index contributed by atoms with van der Waals surface area (Å²) in [6, 6.07) is 14.5. The van der Waals surface area contributed by atoms with Gasteiger partial charge in [-0.05, 0) is 65.4 Å². The molecule has 0 atom stereocenters. The maximum atomic E-state index is 12.3. The van der Waals surface area contributed by atoms with Crippen molar-refractivity contribution < 1.29 is 14.3 Å². The minimum Gasteiger partial charge on any atom is -0.493 e. The van der Waals surface area contributed by atoms with Gasteiger partial charge in [0, 0.05) is 5.69 Å². The molecule has 0 aliphatic carbocycles. The molecule has 0 spiro atoms. The van der Waals surface area contributed by atoms with Gasteiger partial charge in [-0.15, -0.1) is 0 Å². The smallest absolute Gasteiger partial charge is 0.266 e. The standard InChI is InChI=1S/C19H17IN2O3/c1-3-25-18-16(20)10-13(11-17(18)24-2)9-14(12-21)19(23)22-15-7-5-4-6-8-15/h4-11H,3H2,1-2H3,(H,22,23)/b14-9-. The number of hydrogen-bond donors (Lipinski definition) is 1. The highest BCUT2D eigenvalue weighted by atomic mass is 127. The number of rotatable bonds is 6. The van der Waals surface area contributed by atoms with E-state index in [1.165, 1.54) is 6.08 Å². The van der Waals surface area contributed by atoms with Gasteiger partial charge in [0.15, 0.2) is 11.5 Å². The second-order valence-corrected chi connectivity index (χ2v) is 6.12. The number of ether oxygens (including phenoxy) is 2. The molecular weight excluding hydrogens is 431 g/mol. The topological polar surface area (TPSA) is 71.3 Å². The number of nitrogens with one attached hydrogen (secondary N) is 1. The van der Waals surface area contributed by atoms with E-state index in [9.17, 15) is 10.1 Å². The lowest BCUT2D eigenvalue weighted by Crippen LogP contribution is -2.13. The second-order valence-electron chi connectivity index (χ2n) is 4.96. The minimum atomic E-state index is -0.462. The summed E-state index contributed by atoms with van der Waals surface area (Å²) < 4.78 is 11.8. The molecule has 128 valence electrons. The Balaban J connectivity index is 2.31. The lowest BCUT2D eigenvalue weighted by molar-refractivity contribution is -0.112. The van der Waals surface area contributed by atoms with Crippen molar-refractivity contribution in [3.05, 3.63) is 57.2 Å². The summed E-state index contributed by atoms with van der Waals surface area (Å²) >= 11 is 2.14. The van der Waals surface area contributed by atoms with Crippen molar-refractivity contribution in [2.24, 2.45) is 0 Å². The maximum Gasteiger partial charge on any atom is 0.266 e. The molecule has 2 aromatic carbocycles. The van der Waals surface area contributed by atoms with Gasteiger partial charge in [0.1, 0.15) is 11.6 Å². The Kier molecular flexibility index (Phi) is 6.83. The molecule has 0 unspecified atom stereocenters. The molecule has 2 rings (SSSR count). The second kappa shape index (κ2) is 9.08. The number of benzene rings is 2. The van der Waals surface area contributed by atoms with Crippen molar-refractivity contribution in [2.45, 2.75) is 6.92 Å². The predicted octanol–water partition coefficient (Wildman–Crippen LogP) is 4.24. The zero-order valence-electron chi connectivity index (χ0n) is 13.9. The summed E-state index contributed by atoms with van der Waals surface area (Å²) in [5.41, 5.74) is 1.32. The molecule has 2 aromatic rings. The summed E-state index contributed by atoms with van der Waals surface area (Å²) in [7, 11) is 1.55. The number of halogens is 1. The summed E-state index contributed by atoms with van der Waals surface area (Å²) in [5.74, 6) is 0.743. The van der Waals surface area contributed by atoms with E-state index in [2.05, 4.69) is 27.9 Å². The van der Waals surface area contributed by atoms with Gasteiger partial charge in [-0.25, -0.2) is 0 Å². The van der Waals surface area contributed by atoms with Crippen LogP contribution in [-0.4, -0.2) is 19.6 Å². The number of carbonyl (C=O) groups excluding carboxylic acids is 1. The lowest BCUT2D eigenvalue weighted by atomic mass is 10.1. The zero-order chi connectivity index (χ0) is 18.2. The van der Waals surface area contributed by atoms with Gasteiger partial charge in [-0.2, -0.15) is 5.26 Å². The van der Waals surface area contributed by atoms with E-state index < -0.39 is 5.91 Å². The average molecular weight is 448 g/mol. The SMILES string of the molecule is CCOc1c(I)cc(/C=C(/C#N)C(=O)Nc2ccccc2)cc1OC. The molecule has 0 fully saturated rings. The van der Waals surface area contributed by atoms with Crippen LogP contribution in [-0.2, 0) is 4.79 Å². The molecule has 6 heteroatoms. The number of nitriles is 1. The number of methoxy groups -OCH3 is 1. The highest BCUT2D eigenvalue weighted by molar-refractivity contribution is 14.1. The van der Waals surface area contributed by atoms with Crippen LogP contribution in [0.5, 0.6) is 11.5 Å². The number of nitrogens with zero attached hydrogens (tertiary/aromatic N) is 1. The first-order chi connectivity index (χ1) is 12.1. The molecule has 25 heavy (non-hydrogen) atoms. The van der Waals surface area contributed by atoms with Crippen LogP contribution in [0.15, 0.2) is 48.0 Å². The Bertz CT molecular complexity index is 827. The summed E-state index contributed by atoms with van der Waals surface area (Å²) in [5, 5.41) is 12.0. The minimum absolute atomic E-state index is 0.00543. The monoisotopic (exact) mass is 448 g/mol. The first-order valence-electron chi connectivity index (χ1n) is 7.57. The van der Waals surface area contributed by atoms with Crippen molar-refractivity contribution in [3.63, 3.8) is 0 Å². The Hall–Kier alpha value is -2.53. The van der Waals surface area contributed by atoms with Crippen molar-refractivity contribution in [3.8, 4) is 17.6 Å². The van der Waals surface area contributed by atoms with E-state index in [1.807, 2.05) is 37.3 Å². The highest BCUT2D eigenvalue weighted by Gasteiger charge is 2.13. The van der Waals surface area contributed by atoms with Gasteiger partial charge < -0.3 is 14.8 Å². The van der Waals surface area contributed by atoms with Crippen molar-refractivity contribution in [2.75, 3.05) is 19.0 Å². The van der Waals surface area contributed by atoms with Crippen LogP contribution in [0, 0.1) is 14.9 Å². The predicted molar refractivity (Wildman–Crippen MR) is 106 cm³/mol. The van der Waals surface area contributed by atoms with Crippen LogP contribution in [0.2, 0.25) is 0 Å². The first kappa shape index (κ1) is 18.8. The molecule has 1 amide bonds. The van der Waals surface area contributed by atoms with E-state index in [1.54, 1.807) is 25.3 Å². The van der Waals surface area contributed by atoms with Gasteiger partial charge in [-0.1, -0.05) is 18.2 Å². The van der Waals surface area contributed by atoms with Crippen LogP contribution < -0.4 is 14.8 Å². The van der Waals surface area contributed by atoms with Gasteiger partial charge in [0.25, 0.3) is 5.91 Å². The molecule has 0 saturated heterocycles. The van der Waals surface area contributed by atoms with E-state index in [0.29, 0.717) is 29.4 Å². The van der Waals surface area contributed by atoms with E-state index in [0.717, 1.165) is 3.57 Å². The molecule has 0 bridgehead atoms. The molecule has 0 radical (unpaired) electrons. The fraction of sp³-hybridized carbons (Fsp3) is 0.158. The number of hydrogen-bond acceptors (Lipinski definition) is 4. The number of carbonyl (C=O) groups is 1. The molecule has 0 aliphatic rings. The van der Waals surface area contributed by atoms with Crippen LogP contribution in [0.3, 0.4) is 0 Å². The van der Waals surface area contributed by atoms with Gasteiger partial charge in [0.05, 0.1) is 17.3 Å². The summed E-state index contributed by atoms with van der Waals surface area (Å²) in [6.45, 7) is 2.41. The van der Waals surface area contributed by atoms with Crippen LogP contribution in [0.4, 0.5) is 5.69 Å². The highest BCUT2D eigenvalue weighted by Crippen LogP contribution is 2.34. The lowest BCUT2D eigenvalue weighted by Gasteiger charge is -2.12.